The molecule has 1 N–H and O–H groups in total. The second-order valence-electron chi connectivity index (χ2n) is 9.40. The number of nitrogens with zero attached hydrogens (tertiary/aromatic N) is 6. The zero-order chi connectivity index (χ0) is 27.0. The maximum Gasteiger partial charge on any atom is 0.266 e. The lowest BCUT2D eigenvalue weighted by atomic mass is 10.0. The van der Waals surface area contributed by atoms with Crippen LogP contribution in [0.5, 0.6) is 0 Å². The highest BCUT2D eigenvalue weighted by Crippen LogP contribution is 2.35. The molecule has 4 heterocycles. The molecule has 1 aliphatic heterocycles. The molecule has 11 heteroatoms. The number of aryl methyl sites for hydroxylation is 1. The van der Waals surface area contributed by atoms with Gasteiger partial charge in [0, 0.05) is 74.7 Å². The first-order valence-corrected chi connectivity index (χ1v) is 12.3. The number of pyridine rings is 2. The Labute approximate surface area is 218 Å². The standard InChI is InChI=1S/C27H28F3N7O/c1-16(19-5-4-6-20(24(19)28)27(29)30)33-22-7-8-31-26-21(22)13-23(34-25(26)18-14-32-35(3)15-18)37-11-9-36(10-12-37)17(2)38/h4-8,13-16,27H,9-12H2,1-3H3,(H,31,33)/t16-/m1/s1. The Morgan fingerprint density at radius 1 is 1.11 bits per heavy atom. The van der Waals surface area contributed by atoms with Crippen LogP contribution in [0.2, 0.25) is 0 Å². The molecule has 1 aliphatic rings. The second kappa shape index (κ2) is 10.3. The average Bonchev–Trinajstić information content (AvgIpc) is 3.34. The molecule has 5 rings (SSSR count). The summed E-state index contributed by atoms with van der Waals surface area (Å²) in [7, 11) is 1.82. The monoisotopic (exact) mass is 523 g/mol. The van der Waals surface area contributed by atoms with Gasteiger partial charge in [0.1, 0.15) is 17.3 Å². The van der Waals surface area contributed by atoms with E-state index < -0.39 is 23.8 Å². The molecule has 0 unspecified atom stereocenters. The van der Waals surface area contributed by atoms with E-state index in [1.165, 1.54) is 12.1 Å². The molecule has 8 nitrogen and oxygen atoms in total. The van der Waals surface area contributed by atoms with E-state index in [4.69, 9.17) is 4.98 Å². The van der Waals surface area contributed by atoms with Crippen molar-refractivity contribution in [1.82, 2.24) is 24.6 Å². The van der Waals surface area contributed by atoms with Crippen LogP contribution in [-0.4, -0.2) is 56.7 Å². The van der Waals surface area contributed by atoms with Crippen LogP contribution < -0.4 is 10.2 Å². The molecule has 0 spiro atoms. The number of amides is 1. The van der Waals surface area contributed by atoms with Gasteiger partial charge in [0.25, 0.3) is 6.43 Å². The lowest BCUT2D eigenvalue weighted by Gasteiger charge is -2.35. The van der Waals surface area contributed by atoms with Crippen LogP contribution in [0.25, 0.3) is 22.2 Å². The molecule has 1 amide bonds. The largest absolute Gasteiger partial charge is 0.378 e. The summed E-state index contributed by atoms with van der Waals surface area (Å²) < 4.78 is 43.2. The van der Waals surface area contributed by atoms with Gasteiger partial charge in [-0.2, -0.15) is 5.10 Å². The number of halogens is 3. The van der Waals surface area contributed by atoms with Crippen molar-refractivity contribution in [3.63, 3.8) is 0 Å². The Balaban J connectivity index is 1.57. The third-order valence-electron chi connectivity index (χ3n) is 6.87. The van der Waals surface area contributed by atoms with Crippen LogP contribution in [0.1, 0.15) is 37.4 Å². The van der Waals surface area contributed by atoms with E-state index in [2.05, 4.69) is 20.3 Å². The normalized spacial score (nSPS) is 14.8. The molecule has 0 bridgehead atoms. The van der Waals surface area contributed by atoms with Crippen LogP contribution in [-0.2, 0) is 11.8 Å². The number of benzene rings is 1. The van der Waals surface area contributed by atoms with Gasteiger partial charge in [-0.15, -0.1) is 0 Å². The predicted molar refractivity (Wildman–Crippen MR) is 140 cm³/mol. The van der Waals surface area contributed by atoms with E-state index in [-0.39, 0.29) is 11.5 Å². The molecule has 1 atom stereocenters. The molecule has 0 radical (unpaired) electrons. The molecule has 4 aromatic rings. The maximum absolute atomic E-state index is 14.9. The first-order chi connectivity index (χ1) is 18.2. The summed E-state index contributed by atoms with van der Waals surface area (Å²) in [5, 5.41) is 8.34. The highest BCUT2D eigenvalue weighted by molar-refractivity contribution is 6.00. The van der Waals surface area contributed by atoms with Crippen molar-refractivity contribution in [2.75, 3.05) is 36.4 Å². The average molecular weight is 524 g/mol. The summed E-state index contributed by atoms with van der Waals surface area (Å²) in [4.78, 5) is 25.3. The number of alkyl halides is 2. The first kappa shape index (κ1) is 25.5. The minimum atomic E-state index is -2.90. The first-order valence-electron chi connectivity index (χ1n) is 12.3. The van der Waals surface area contributed by atoms with Crippen molar-refractivity contribution in [1.29, 1.82) is 0 Å². The summed E-state index contributed by atoms with van der Waals surface area (Å²) in [6.07, 6.45) is 2.31. The minimum Gasteiger partial charge on any atom is -0.378 e. The molecule has 1 saturated heterocycles. The van der Waals surface area contributed by atoms with E-state index in [0.29, 0.717) is 48.9 Å². The van der Waals surface area contributed by atoms with Gasteiger partial charge in [0.2, 0.25) is 5.91 Å². The van der Waals surface area contributed by atoms with Crippen LogP contribution in [0.15, 0.2) is 48.9 Å². The Morgan fingerprint density at radius 2 is 1.84 bits per heavy atom. The van der Waals surface area contributed by atoms with Gasteiger partial charge >= 0.3 is 0 Å². The number of fused-ring (bicyclic) bond motifs is 1. The lowest BCUT2D eigenvalue weighted by molar-refractivity contribution is -0.129. The number of aromatic nitrogens is 4. The summed E-state index contributed by atoms with van der Waals surface area (Å²) in [5.74, 6) is -0.156. The summed E-state index contributed by atoms with van der Waals surface area (Å²) in [6, 6.07) is 7.14. The van der Waals surface area contributed by atoms with Gasteiger partial charge in [0.15, 0.2) is 0 Å². The Hall–Kier alpha value is -4.15. The van der Waals surface area contributed by atoms with Crippen molar-refractivity contribution in [3.05, 3.63) is 65.9 Å². The van der Waals surface area contributed by atoms with Crippen molar-refractivity contribution >= 4 is 28.3 Å². The van der Waals surface area contributed by atoms with E-state index in [1.807, 2.05) is 19.3 Å². The highest BCUT2D eigenvalue weighted by atomic mass is 19.3. The topological polar surface area (TPSA) is 79.2 Å². The fraction of sp³-hybridized carbons (Fsp3) is 0.333. The van der Waals surface area contributed by atoms with E-state index in [9.17, 15) is 18.0 Å². The maximum atomic E-state index is 14.9. The summed E-state index contributed by atoms with van der Waals surface area (Å²) in [6.45, 7) is 5.71. The van der Waals surface area contributed by atoms with Crippen LogP contribution in [0.3, 0.4) is 0 Å². The fourth-order valence-electron chi connectivity index (χ4n) is 4.80. The highest BCUT2D eigenvalue weighted by Gasteiger charge is 2.24. The zero-order valence-electron chi connectivity index (χ0n) is 21.3. The van der Waals surface area contributed by atoms with Gasteiger partial charge in [-0.25, -0.2) is 18.2 Å². The van der Waals surface area contributed by atoms with E-state index in [1.54, 1.807) is 41.9 Å². The smallest absolute Gasteiger partial charge is 0.266 e. The molecular formula is C27H28F3N7O. The number of carbonyl (C=O) groups is 1. The molecular weight excluding hydrogens is 495 g/mol. The number of carbonyl (C=O) groups excluding carboxylic acids is 1. The molecule has 1 fully saturated rings. The molecule has 3 aromatic heterocycles. The van der Waals surface area contributed by atoms with Crippen molar-refractivity contribution in [2.45, 2.75) is 26.3 Å². The predicted octanol–water partition coefficient (Wildman–Crippen LogP) is 4.95. The quantitative estimate of drug-likeness (QED) is 0.385. The minimum absolute atomic E-state index is 0.0417. The van der Waals surface area contributed by atoms with Crippen molar-refractivity contribution in [3.8, 4) is 11.3 Å². The Kier molecular flexibility index (Phi) is 6.92. The van der Waals surface area contributed by atoms with Crippen LogP contribution in [0, 0.1) is 5.82 Å². The van der Waals surface area contributed by atoms with Gasteiger partial charge in [-0.05, 0) is 19.1 Å². The molecule has 1 aromatic carbocycles. The molecule has 198 valence electrons. The number of anilines is 2. The zero-order valence-corrected chi connectivity index (χ0v) is 21.3. The van der Waals surface area contributed by atoms with Gasteiger partial charge in [-0.3, -0.25) is 14.5 Å². The third-order valence-corrected chi connectivity index (χ3v) is 6.87. The van der Waals surface area contributed by atoms with Gasteiger partial charge < -0.3 is 15.1 Å². The van der Waals surface area contributed by atoms with Crippen molar-refractivity contribution < 1.29 is 18.0 Å². The SMILES string of the molecule is CC(=O)N1CCN(c2cc3c(N[C@H](C)c4cccc(C(F)F)c4F)ccnc3c(-c3cnn(C)c3)n2)CC1. The second-order valence-corrected chi connectivity index (χ2v) is 9.40. The Morgan fingerprint density at radius 3 is 2.50 bits per heavy atom. The third kappa shape index (κ3) is 4.88. The number of piperazine rings is 1. The Bertz CT molecular complexity index is 1480. The molecule has 0 aliphatic carbocycles. The van der Waals surface area contributed by atoms with Crippen molar-refractivity contribution in [2.24, 2.45) is 7.05 Å². The number of nitrogens with one attached hydrogen (secondary N) is 1. The summed E-state index contributed by atoms with van der Waals surface area (Å²) >= 11 is 0. The number of hydrogen-bond acceptors (Lipinski definition) is 6. The number of rotatable bonds is 6. The molecule has 38 heavy (non-hydrogen) atoms. The number of hydrogen-bond donors (Lipinski definition) is 1. The fourth-order valence-corrected chi connectivity index (χ4v) is 4.80. The van der Waals surface area contributed by atoms with E-state index >= 15 is 0 Å². The van der Waals surface area contributed by atoms with E-state index in [0.717, 1.165) is 17.0 Å². The van der Waals surface area contributed by atoms with Crippen LogP contribution >= 0.6 is 0 Å². The lowest BCUT2D eigenvalue weighted by Crippen LogP contribution is -2.48. The summed E-state index contributed by atoms with van der Waals surface area (Å²) in [5.41, 5.74) is 2.25. The van der Waals surface area contributed by atoms with Gasteiger partial charge in [0.05, 0.1) is 23.3 Å². The molecule has 0 saturated carbocycles. The van der Waals surface area contributed by atoms with Gasteiger partial charge in [-0.1, -0.05) is 18.2 Å². The van der Waals surface area contributed by atoms with Crippen LogP contribution in [0.4, 0.5) is 24.7 Å².